The molecule has 116 valence electrons. The van der Waals surface area contributed by atoms with Gasteiger partial charge in [-0.3, -0.25) is 0 Å². The normalized spacial score (nSPS) is 16.2. The van der Waals surface area contributed by atoms with Gasteiger partial charge in [0.25, 0.3) is 0 Å². The molecule has 1 aliphatic carbocycles. The van der Waals surface area contributed by atoms with Crippen LogP contribution in [0.25, 0.3) is 0 Å². The van der Waals surface area contributed by atoms with Gasteiger partial charge in [-0.15, -0.1) is 0 Å². The number of benzene rings is 2. The third-order valence-corrected chi connectivity index (χ3v) is 4.33. The SMILES string of the molecule is COc1cc(O)c(C2CCc3ccccc32)c(OC)c1OC. The minimum absolute atomic E-state index is 0.103. The Kier molecular flexibility index (Phi) is 3.84. The van der Waals surface area contributed by atoms with Gasteiger partial charge in [-0.05, 0) is 24.0 Å². The lowest BCUT2D eigenvalue weighted by Gasteiger charge is -2.21. The summed E-state index contributed by atoms with van der Waals surface area (Å²) in [6.07, 6.45) is 1.94. The molecule has 1 atom stereocenters. The fourth-order valence-electron chi connectivity index (χ4n) is 3.36. The van der Waals surface area contributed by atoms with E-state index in [2.05, 4.69) is 12.1 Å². The Morgan fingerprint density at radius 1 is 1.00 bits per heavy atom. The number of phenolic OH excluding ortho intramolecular Hbond substituents is 1. The van der Waals surface area contributed by atoms with E-state index in [1.54, 1.807) is 27.4 Å². The number of hydrogen-bond donors (Lipinski definition) is 1. The average Bonchev–Trinajstić information content (AvgIpc) is 2.97. The molecule has 0 saturated carbocycles. The van der Waals surface area contributed by atoms with Gasteiger partial charge in [-0.2, -0.15) is 0 Å². The number of hydrogen-bond acceptors (Lipinski definition) is 4. The highest BCUT2D eigenvalue weighted by molar-refractivity contribution is 5.64. The molecule has 0 heterocycles. The van der Waals surface area contributed by atoms with Crippen molar-refractivity contribution in [1.82, 2.24) is 0 Å². The van der Waals surface area contributed by atoms with Gasteiger partial charge in [0.15, 0.2) is 11.5 Å². The molecule has 0 aliphatic heterocycles. The standard InChI is InChI=1S/C18H20O4/c1-20-15-10-14(19)16(18(22-3)17(15)21-2)13-9-8-11-6-4-5-7-12(11)13/h4-7,10,13,19H,8-9H2,1-3H3. The largest absolute Gasteiger partial charge is 0.507 e. The van der Waals surface area contributed by atoms with Gasteiger partial charge in [0, 0.05) is 17.5 Å². The van der Waals surface area contributed by atoms with Crippen LogP contribution in [0.2, 0.25) is 0 Å². The summed E-state index contributed by atoms with van der Waals surface area (Å²) in [5, 5.41) is 10.5. The molecule has 0 saturated heterocycles. The monoisotopic (exact) mass is 300 g/mol. The van der Waals surface area contributed by atoms with Crippen molar-refractivity contribution in [2.45, 2.75) is 18.8 Å². The number of ether oxygens (including phenoxy) is 3. The molecular weight excluding hydrogens is 280 g/mol. The Balaban J connectivity index is 2.20. The van der Waals surface area contributed by atoms with E-state index in [4.69, 9.17) is 14.2 Å². The van der Waals surface area contributed by atoms with Gasteiger partial charge in [-0.25, -0.2) is 0 Å². The minimum atomic E-state index is 0.103. The van der Waals surface area contributed by atoms with Gasteiger partial charge in [0.05, 0.1) is 21.3 Å². The Morgan fingerprint density at radius 3 is 2.41 bits per heavy atom. The van der Waals surface area contributed by atoms with E-state index in [0.717, 1.165) is 18.4 Å². The quantitative estimate of drug-likeness (QED) is 0.939. The van der Waals surface area contributed by atoms with Crippen LogP contribution >= 0.6 is 0 Å². The maximum Gasteiger partial charge on any atom is 0.203 e. The van der Waals surface area contributed by atoms with Crippen LogP contribution in [0, 0.1) is 0 Å². The van der Waals surface area contributed by atoms with Gasteiger partial charge < -0.3 is 19.3 Å². The predicted octanol–water partition coefficient (Wildman–Crippen LogP) is 3.50. The molecule has 2 aromatic rings. The van der Waals surface area contributed by atoms with Crippen molar-refractivity contribution in [2.75, 3.05) is 21.3 Å². The third-order valence-electron chi connectivity index (χ3n) is 4.33. The van der Waals surface area contributed by atoms with Crippen molar-refractivity contribution in [3.63, 3.8) is 0 Å². The molecule has 0 bridgehead atoms. The molecule has 1 N–H and O–H groups in total. The molecule has 4 heteroatoms. The number of aromatic hydroxyl groups is 1. The summed E-state index contributed by atoms with van der Waals surface area (Å²) in [5.74, 6) is 1.80. The predicted molar refractivity (Wildman–Crippen MR) is 84.4 cm³/mol. The van der Waals surface area contributed by atoms with Gasteiger partial charge in [0.1, 0.15) is 5.75 Å². The van der Waals surface area contributed by atoms with Crippen LogP contribution in [0.3, 0.4) is 0 Å². The Labute approximate surface area is 130 Å². The first-order valence-corrected chi connectivity index (χ1v) is 7.30. The molecule has 0 radical (unpaired) electrons. The van der Waals surface area contributed by atoms with E-state index < -0.39 is 0 Å². The van der Waals surface area contributed by atoms with Crippen LogP contribution in [0.4, 0.5) is 0 Å². The van der Waals surface area contributed by atoms with Crippen molar-refractivity contribution in [2.24, 2.45) is 0 Å². The van der Waals surface area contributed by atoms with Crippen LogP contribution in [0.5, 0.6) is 23.0 Å². The summed E-state index contributed by atoms with van der Waals surface area (Å²) in [6, 6.07) is 9.92. The average molecular weight is 300 g/mol. The first-order valence-electron chi connectivity index (χ1n) is 7.30. The van der Waals surface area contributed by atoms with Gasteiger partial charge in [0.2, 0.25) is 5.75 Å². The Hall–Kier alpha value is -2.36. The smallest absolute Gasteiger partial charge is 0.203 e. The van der Waals surface area contributed by atoms with E-state index in [-0.39, 0.29) is 11.7 Å². The molecule has 1 unspecified atom stereocenters. The van der Waals surface area contributed by atoms with Crippen LogP contribution in [-0.4, -0.2) is 26.4 Å². The zero-order valence-corrected chi connectivity index (χ0v) is 13.1. The maximum atomic E-state index is 10.5. The second-order valence-electron chi connectivity index (χ2n) is 5.37. The van der Waals surface area contributed by atoms with Crippen LogP contribution < -0.4 is 14.2 Å². The lowest BCUT2D eigenvalue weighted by Crippen LogP contribution is -2.04. The van der Waals surface area contributed by atoms with Crippen molar-refractivity contribution in [1.29, 1.82) is 0 Å². The molecule has 4 nitrogen and oxygen atoms in total. The fourth-order valence-corrected chi connectivity index (χ4v) is 3.36. The topological polar surface area (TPSA) is 47.9 Å². The highest BCUT2D eigenvalue weighted by Crippen LogP contribution is 2.52. The Bertz CT molecular complexity index is 694. The highest BCUT2D eigenvalue weighted by atomic mass is 16.5. The summed E-state index contributed by atoms with van der Waals surface area (Å²) in [7, 11) is 4.70. The fraction of sp³-hybridized carbons (Fsp3) is 0.333. The van der Waals surface area contributed by atoms with Crippen LogP contribution in [-0.2, 0) is 6.42 Å². The zero-order valence-electron chi connectivity index (χ0n) is 13.1. The second-order valence-corrected chi connectivity index (χ2v) is 5.37. The highest BCUT2D eigenvalue weighted by Gasteiger charge is 2.31. The van der Waals surface area contributed by atoms with Crippen molar-refractivity contribution in [3.8, 4) is 23.0 Å². The molecule has 1 aliphatic rings. The molecule has 0 amide bonds. The molecule has 22 heavy (non-hydrogen) atoms. The van der Waals surface area contributed by atoms with Crippen LogP contribution in [0.15, 0.2) is 30.3 Å². The molecule has 3 rings (SSSR count). The van der Waals surface area contributed by atoms with E-state index in [1.165, 1.54) is 11.1 Å². The maximum absolute atomic E-state index is 10.5. The lowest BCUT2D eigenvalue weighted by molar-refractivity contribution is 0.316. The summed E-state index contributed by atoms with van der Waals surface area (Å²) in [5.41, 5.74) is 3.33. The number of fused-ring (bicyclic) bond motifs is 1. The van der Waals surface area contributed by atoms with E-state index >= 15 is 0 Å². The minimum Gasteiger partial charge on any atom is -0.507 e. The van der Waals surface area contributed by atoms with Crippen molar-refractivity contribution in [3.05, 3.63) is 47.0 Å². The van der Waals surface area contributed by atoms with Crippen molar-refractivity contribution < 1.29 is 19.3 Å². The van der Waals surface area contributed by atoms with Crippen molar-refractivity contribution >= 4 is 0 Å². The molecular formula is C18H20O4. The molecule has 2 aromatic carbocycles. The number of phenols is 1. The first-order chi connectivity index (χ1) is 10.7. The Morgan fingerprint density at radius 2 is 1.73 bits per heavy atom. The number of aryl methyl sites for hydroxylation is 1. The molecule has 0 spiro atoms. The van der Waals surface area contributed by atoms with Gasteiger partial charge >= 0.3 is 0 Å². The molecule has 0 fully saturated rings. The second kappa shape index (κ2) is 5.79. The van der Waals surface area contributed by atoms with Gasteiger partial charge in [-0.1, -0.05) is 24.3 Å². The summed E-state index contributed by atoms with van der Waals surface area (Å²) in [4.78, 5) is 0. The van der Waals surface area contributed by atoms with E-state index in [9.17, 15) is 5.11 Å². The van der Waals surface area contributed by atoms with E-state index in [1.807, 2.05) is 12.1 Å². The summed E-state index contributed by atoms with van der Waals surface area (Å²) < 4.78 is 16.3. The number of rotatable bonds is 4. The summed E-state index contributed by atoms with van der Waals surface area (Å²) in [6.45, 7) is 0. The van der Waals surface area contributed by atoms with Crippen LogP contribution in [0.1, 0.15) is 29.0 Å². The van der Waals surface area contributed by atoms with E-state index in [0.29, 0.717) is 17.2 Å². The summed E-state index contributed by atoms with van der Waals surface area (Å²) >= 11 is 0. The zero-order chi connectivity index (χ0) is 15.7. The molecule has 0 aromatic heterocycles. The number of methoxy groups -OCH3 is 3. The third kappa shape index (κ3) is 2.15. The first kappa shape index (κ1) is 14.6. The lowest BCUT2D eigenvalue weighted by atomic mass is 9.91.